The van der Waals surface area contributed by atoms with Gasteiger partial charge in [-0.1, -0.05) is 23.7 Å². The molecule has 0 aromatic heterocycles. The molecule has 0 saturated heterocycles. The number of halogens is 1. The van der Waals surface area contributed by atoms with Crippen LogP contribution in [-0.4, -0.2) is 31.3 Å². The number of esters is 2. The van der Waals surface area contributed by atoms with E-state index in [4.69, 9.17) is 33.3 Å². The average Bonchev–Trinajstić information content (AvgIpc) is 2.73. The SMILES string of the molecule is COC(=O)C1=C(C)N(c2ccc(Cl)cc2)C(=S)NC1c1ccc(C(=O)OC)cc1. The van der Waals surface area contributed by atoms with E-state index in [2.05, 4.69) is 5.32 Å². The molecular formula is C21H19ClN2O4S. The zero-order chi connectivity index (χ0) is 21.1. The number of carbonyl (C=O) groups is 2. The van der Waals surface area contributed by atoms with Crippen LogP contribution in [0.2, 0.25) is 5.02 Å². The molecule has 1 heterocycles. The van der Waals surface area contributed by atoms with Gasteiger partial charge in [0.05, 0.1) is 31.4 Å². The van der Waals surface area contributed by atoms with Gasteiger partial charge in [0, 0.05) is 16.4 Å². The van der Waals surface area contributed by atoms with E-state index in [1.807, 2.05) is 19.1 Å². The number of thiocarbonyl (C=S) groups is 1. The first-order chi connectivity index (χ1) is 13.9. The van der Waals surface area contributed by atoms with Gasteiger partial charge >= 0.3 is 11.9 Å². The summed E-state index contributed by atoms with van der Waals surface area (Å²) in [6.45, 7) is 1.81. The summed E-state index contributed by atoms with van der Waals surface area (Å²) in [7, 11) is 2.66. The van der Waals surface area contributed by atoms with Gasteiger partial charge in [-0.25, -0.2) is 9.59 Å². The van der Waals surface area contributed by atoms with Crippen LogP contribution < -0.4 is 10.2 Å². The van der Waals surface area contributed by atoms with E-state index in [9.17, 15) is 9.59 Å². The molecule has 0 saturated carbocycles. The molecule has 8 heteroatoms. The fourth-order valence-corrected chi connectivity index (χ4v) is 3.68. The first kappa shape index (κ1) is 20.8. The normalized spacial score (nSPS) is 16.3. The number of nitrogens with zero attached hydrogens (tertiary/aromatic N) is 1. The maximum Gasteiger partial charge on any atom is 0.337 e. The molecule has 150 valence electrons. The van der Waals surface area contributed by atoms with Gasteiger partial charge in [0.25, 0.3) is 0 Å². The first-order valence-electron chi connectivity index (χ1n) is 8.71. The maximum atomic E-state index is 12.6. The van der Waals surface area contributed by atoms with Gasteiger partial charge in [-0.05, 0) is 61.1 Å². The zero-order valence-electron chi connectivity index (χ0n) is 16.1. The number of hydrogen-bond acceptors (Lipinski definition) is 5. The number of carbonyl (C=O) groups excluding carboxylic acids is 2. The number of nitrogens with one attached hydrogen (secondary N) is 1. The van der Waals surface area contributed by atoms with Crippen LogP contribution in [0.25, 0.3) is 0 Å². The molecule has 0 fully saturated rings. The lowest BCUT2D eigenvalue weighted by Gasteiger charge is -2.37. The summed E-state index contributed by atoms with van der Waals surface area (Å²) in [6, 6.07) is 13.4. The molecule has 0 aliphatic carbocycles. The minimum absolute atomic E-state index is 0.415. The molecule has 1 aliphatic rings. The summed E-state index contributed by atoms with van der Waals surface area (Å²) in [5, 5.41) is 4.23. The number of anilines is 1. The second-order valence-electron chi connectivity index (χ2n) is 6.30. The summed E-state index contributed by atoms with van der Waals surface area (Å²) in [5.41, 5.74) is 3.00. The van der Waals surface area contributed by atoms with Gasteiger partial charge in [-0.15, -0.1) is 0 Å². The second kappa shape index (κ2) is 8.63. The lowest BCUT2D eigenvalue weighted by atomic mass is 9.94. The van der Waals surface area contributed by atoms with Crippen molar-refractivity contribution in [2.75, 3.05) is 19.1 Å². The summed E-state index contributed by atoms with van der Waals surface area (Å²) >= 11 is 11.6. The highest BCUT2D eigenvalue weighted by Crippen LogP contribution is 2.34. The number of hydrogen-bond donors (Lipinski definition) is 1. The predicted molar refractivity (Wildman–Crippen MR) is 115 cm³/mol. The maximum absolute atomic E-state index is 12.6. The summed E-state index contributed by atoms with van der Waals surface area (Å²) in [5.74, 6) is -0.906. The van der Waals surface area contributed by atoms with Crippen molar-refractivity contribution in [3.05, 3.63) is 76.0 Å². The number of methoxy groups -OCH3 is 2. The van der Waals surface area contributed by atoms with E-state index < -0.39 is 18.0 Å². The molecule has 0 spiro atoms. The van der Waals surface area contributed by atoms with Crippen molar-refractivity contribution >= 4 is 46.6 Å². The van der Waals surface area contributed by atoms with E-state index in [1.54, 1.807) is 41.3 Å². The van der Waals surface area contributed by atoms with Crippen LogP contribution in [0.5, 0.6) is 0 Å². The first-order valence-corrected chi connectivity index (χ1v) is 9.49. The molecule has 2 aromatic rings. The lowest BCUT2D eigenvalue weighted by Crippen LogP contribution is -2.48. The zero-order valence-corrected chi connectivity index (χ0v) is 17.6. The fourth-order valence-electron chi connectivity index (χ4n) is 3.20. The Hall–Kier alpha value is -2.90. The standard InChI is InChI=1S/C21H19ClN2O4S/c1-12-17(20(26)28-3)18(13-4-6-14(7-5-13)19(25)27-2)23-21(29)24(12)16-10-8-15(22)9-11-16/h4-11,18H,1-3H3,(H,23,29). The quantitative estimate of drug-likeness (QED) is 0.580. The third kappa shape index (κ3) is 4.11. The molecule has 0 amide bonds. The van der Waals surface area contributed by atoms with Crippen molar-refractivity contribution in [1.82, 2.24) is 5.32 Å². The number of ether oxygens (including phenoxy) is 2. The van der Waals surface area contributed by atoms with Gasteiger partial charge < -0.3 is 14.8 Å². The third-order valence-electron chi connectivity index (χ3n) is 4.64. The van der Waals surface area contributed by atoms with E-state index in [1.165, 1.54) is 14.2 Å². The molecule has 2 aromatic carbocycles. The van der Waals surface area contributed by atoms with Crippen LogP contribution in [0.3, 0.4) is 0 Å². The van der Waals surface area contributed by atoms with Gasteiger partial charge in [0.15, 0.2) is 5.11 Å². The molecular weight excluding hydrogens is 412 g/mol. The molecule has 1 atom stereocenters. The minimum Gasteiger partial charge on any atom is -0.466 e. The molecule has 0 bridgehead atoms. The van der Waals surface area contributed by atoms with Crippen molar-refractivity contribution in [2.24, 2.45) is 0 Å². The minimum atomic E-state index is -0.523. The van der Waals surface area contributed by atoms with Crippen molar-refractivity contribution in [1.29, 1.82) is 0 Å². The Morgan fingerprint density at radius 2 is 1.59 bits per heavy atom. The molecule has 6 nitrogen and oxygen atoms in total. The highest BCUT2D eigenvalue weighted by atomic mass is 35.5. The highest BCUT2D eigenvalue weighted by molar-refractivity contribution is 7.80. The van der Waals surface area contributed by atoms with E-state index in [0.717, 1.165) is 11.3 Å². The van der Waals surface area contributed by atoms with Crippen LogP contribution >= 0.6 is 23.8 Å². The van der Waals surface area contributed by atoms with Gasteiger partial charge in [-0.3, -0.25) is 4.90 Å². The number of rotatable bonds is 4. The molecule has 0 radical (unpaired) electrons. The number of benzene rings is 2. The summed E-state index contributed by atoms with van der Waals surface area (Å²) in [4.78, 5) is 26.1. The van der Waals surface area contributed by atoms with Crippen LogP contribution in [0.1, 0.15) is 28.9 Å². The van der Waals surface area contributed by atoms with Crippen molar-refractivity contribution < 1.29 is 19.1 Å². The van der Waals surface area contributed by atoms with Crippen LogP contribution in [0, 0.1) is 0 Å². The smallest absolute Gasteiger partial charge is 0.337 e. The second-order valence-corrected chi connectivity index (χ2v) is 7.12. The summed E-state index contributed by atoms with van der Waals surface area (Å²) in [6.07, 6.45) is 0. The Morgan fingerprint density at radius 3 is 2.14 bits per heavy atom. The Bertz CT molecular complexity index is 987. The van der Waals surface area contributed by atoms with Crippen LogP contribution in [0.4, 0.5) is 5.69 Å². The van der Waals surface area contributed by atoms with Crippen molar-refractivity contribution in [3.63, 3.8) is 0 Å². The van der Waals surface area contributed by atoms with Crippen LogP contribution in [0.15, 0.2) is 59.8 Å². The Kier molecular flexibility index (Phi) is 6.20. The van der Waals surface area contributed by atoms with Crippen molar-refractivity contribution in [2.45, 2.75) is 13.0 Å². The molecule has 29 heavy (non-hydrogen) atoms. The third-order valence-corrected chi connectivity index (χ3v) is 5.19. The average molecular weight is 431 g/mol. The van der Waals surface area contributed by atoms with Gasteiger partial charge in [-0.2, -0.15) is 0 Å². The molecule has 1 aliphatic heterocycles. The Balaban J connectivity index is 2.06. The predicted octanol–water partition coefficient (Wildman–Crippen LogP) is 4.01. The summed E-state index contributed by atoms with van der Waals surface area (Å²) < 4.78 is 9.76. The highest BCUT2D eigenvalue weighted by Gasteiger charge is 2.35. The van der Waals surface area contributed by atoms with Gasteiger partial charge in [0.1, 0.15) is 0 Å². The topological polar surface area (TPSA) is 67.9 Å². The fraction of sp³-hybridized carbons (Fsp3) is 0.190. The molecule has 1 N–H and O–H groups in total. The molecule has 1 unspecified atom stereocenters. The van der Waals surface area contributed by atoms with Crippen molar-refractivity contribution in [3.8, 4) is 0 Å². The Labute approximate surface area is 179 Å². The van der Waals surface area contributed by atoms with Gasteiger partial charge in [0.2, 0.25) is 0 Å². The van der Waals surface area contributed by atoms with Crippen LogP contribution in [-0.2, 0) is 14.3 Å². The van der Waals surface area contributed by atoms with E-state index in [-0.39, 0.29) is 0 Å². The monoisotopic (exact) mass is 430 g/mol. The molecule has 3 rings (SSSR count). The lowest BCUT2D eigenvalue weighted by molar-refractivity contribution is -0.136. The van der Waals surface area contributed by atoms with E-state index >= 15 is 0 Å². The largest absolute Gasteiger partial charge is 0.466 e. The number of allylic oxidation sites excluding steroid dienone is 1. The van der Waals surface area contributed by atoms with E-state index in [0.29, 0.717) is 27.0 Å². The Morgan fingerprint density at radius 1 is 1.00 bits per heavy atom.